The van der Waals surface area contributed by atoms with E-state index in [4.69, 9.17) is 5.11 Å². The lowest BCUT2D eigenvalue weighted by Gasteiger charge is -2.23. The largest absolute Gasteiger partial charge is 0.507 e. The van der Waals surface area contributed by atoms with Crippen molar-refractivity contribution < 1.29 is 19.8 Å². The second-order valence-electron chi connectivity index (χ2n) is 5.93. The lowest BCUT2D eigenvalue weighted by molar-refractivity contribution is -0.135. The normalized spacial score (nSPS) is 13.2. The number of phenolic OH excluding ortho intramolecular Hbond substituents is 1. The molecule has 2 aromatic rings. The molecule has 0 unspecified atom stereocenters. The summed E-state index contributed by atoms with van der Waals surface area (Å²) in [6.45, 7) is -0.459. The van der Waals surface area contributed by atoms with E-state index in [9.17, 15) is 14.7 Å². The summed E-state index contributed by atoms with van der Waals surface area (Å²) in [5, 5.41) is 19.7. The first-order chi connectivity index (χ1) is 11.6. The van der Waals surface area contributed by atoms with Crippen molar-refractivity contribution in [1.82, 2.24) is 0 Å². The van der Waals surface area contributed by atoms with Gasteiger partial charge in [-0.05, 0) is 55.0 Å². The Hall–Kier alpha value is -2.82. The second kappa shape index (κ2) is 6.74. The first-order valence-electron chi connectivity index (χ1n) is 8.00. The predicted octanol–water partition coefficient (Wildman–Crippen LogP) is 3.00. The van der Waals surface area contributed by atoms with Gasteiger partial charge < -0.3 is 10.2 Å². The van der Waals surface area contributed by atoms with E-state index in [1.165, 1.54) is 4.90 Å². The van der Waals surface area contributed by atoms with E-state index in [0.29, 0.717) is 5.69 Å². The number of nitrogens with zero attached hydrogens (tertiary/aromatic N) is 1. The van der Waals surface area contributed by atoms with E-state index in [-0.39, 0.29) is 11.3 Å². The van der Waals surface area contributed by atoms with Crippen LogP contribution in [0, 0.1) is 0 Å². The van der Waals surface area contributed by atoms with Crippen LogP contribution in [0.1, 0.15) is 34.3 Å². The van der Waals surface area contributed by atoms with Crippen molar-refractivity contribution in [2.24, 2.45) is 0 Å². The minimum atomic E-state index is -1.11. The molecule has 1 aliphatic carbocycles. The van der Waals surface area contributed by atoms with Crippen LogP contribution in [0.15, 0.2) is 42.5 Å². The summed E-state index contributed by atoms with van der Waals surface area (Å²) < 4.78 is 0. The Balaban J connectivity index is 2.00. The average Bonchev–Trinajstić information content (AvgIpc) is 2.60. The van der Waals surface area contributed by atoms with Crippen LogP contribution < -0.4 is 4.90 Å². The Labute approximate surface area is 140 Å². The molecule has 0 heterocycles. The van der Waals surface area contributed by atoms with E-state index in [1.807, 2.05) is 6.07 Å². The van der Waals surface area contributed by atoms with Gasteiger partial charge >= 0.3 is 5.97 Å². The average molecular weight is 325 g/mol. The van der Waals surface area contributed by atoms with Gasteiger partial charge in [0.05, 0.1) is 5.56 Å². The van der Waals surface area contributed by atoms with E-state index in [2.05, 4.69) is 0 Å². The fraction of sp³-hybridized carbons (Fsp3) is 0.263. The second-order valence-corrected chi connectivity index (χ2v) is 5.93. The minimum Gasteiger partial charge on any atom is -0.507 e. The van der Waals surface area contributed by atoms with Crippen LogP contribution >= 0.6 is 0 Å². The fourth-order valence-corrected chi connectivity index (χ4v) is 3.15. The lowest BCUT2D eigenvalue weighted by Crippen LogP contribution is -2.35. The molecule has 0 saturated carbocycles. The summed E-state index contributed by atoms with van der Waals surface area (Å²) in [5.41, 5.74) is 2.53. The molecule has 0 saturated heterocycles. The molecule has 0 spiro atoms. The zero-order valence-corrected chi connectivity index (χ0v) is 13.2. The molecule has 3 rings (SSSR count). The van der Waals surface area contributed by atoms with Gasteiger partial charge in [-0.2, -0.15) is 0 Å². The number of phenols is 1. The van der Waals surface area contributed by atoms with Crippen LogP contribution in [-0.4, -0.2) is 28.6 Å². The first kappa shape index (κ1) is 16.1. The molecule has 124 valence electrons. The predicted molar refractivity (Wildman–Crippen MR) is 90.5 cm³/mol. The number of rotatable bonds is 4. The standard InChI is InChI=1S/C19H19NO4/c21-17(22)12-20(14-7-2-1-3-8-14)19(24)16-11-10-13-6-4-5-9-15(13)18(16)23/h1-3,7-8,10-11,23H,4-6,9,12H2,(H,21,22). The summed E-state index contributed by atoms with van der Waals surface area (Å²) in [7, 11) is 0. The van der Waals surface area contributed by atoms with Crippen LogP contribution in [-0.2, 0) is 17.6 Å². The molecule has 0 aliphatic heterocycles. The third kappa shape index (κ3) is 3.11. The summed E-state index contributed by atoms with van der Waals surface area (Å²) in [6.07, 6.45) is 3.70. The summed E-state index contributed by atoms with van der Waals surface area (Å²) in [5.74, 6) is -1.62. The molecule has 1 aliphatic rings. The number of aliphatic carboxylic acids is 1. The molecule has 0 fully saturated rings. The smallest absolute Gasteiger partial charge is 0.323 e. The number of aromatic hydroxyl groups is 1. The third-order valence-corrected chi connectivity index (χ3v) is 4.34. The zero-order chi connectivity index (χ0) is 17.1. The molecule has 0 bridgehead atoms. The number of carbonyl (C=O) groups excluding carboxylic acids is 1. The maximum absolute atomic E-state index is 12.9. The highest BCUT2D eigenvalue weighted by molar-refractivity contribution is 6.10. The van der Waals surface area contributed by atoms with Gasteiger partial charge in [0.25, 0.3) is 5.91 Å². The highest BCUT2D eigenvalue weighted by atomic mass is 16.4. The maximum Gasteiger partial charge on any atom is 0.323 e. The number of para-hydroxylation sites is 1. The number of benzene rings is 2. The third-order valence-electron chi connectivity index (χ3n) is 4.34. The van der Waals surface area contributed by atoms with Gasteiger partial charge in [0.1, 0.15) is 12.3 Å². The van der Waals surface area contributed by atoms with Gasteiger partial charge in [0, 0.05) is 5.69 Å². The molecule has 5 nitrogen and oxygen atoms in total. The molecule has 2 aromatic carbocycles. The monoisotopic (exact) mass is 325 g/mol. The molecular formula is C19H19NO4. The first-order valence-corrected chi connectivity index (χ1v) is 8.00. The Morgan fingerprint density at radius 3 is 2.42 bits per heavy atom. The molecule has 0 aromatic heterocycles. The Kier molecular flexibility index (Phi) is 4.51. The number of amides is 1. The quantitative estimate of drug-likeness (QED) is 0.906. The van der Waals surface area contributed by atoms with E-state index in [1.54, 1.807) is 36.4 Å². The van der Waals surface area contributed by atoms with Gasteiger partial charge in [-0.25, -0.2) is 0 Å². The highest BCUT2D eigenvalue weighted by Gasteiger charge is 2.25. The van der Waals surface area contributed by atoms with Gasteiger partial charge in [0.15, 0.2) is 0 Å². The van der Waals surface area contributed by atoms with E-state index >= 15 is 0 Å². The van der Waals surface area contributed by atoms with E-state index < -0.39 is 18.4 Å². The van der Waals surface area contributed by atoms with Crippen molar-refractivity contribution in [2.45, 2.75) is 25.7 Å². The van der Waals surface area contributed by atoms with Crippen molar-refractivity contribution in [3.63, 3.8) is 0 Å². The number of fused-ring (bicyclic) bond motifs is 1. The minimum absolute atomic E-state index is 0.0106. The van der Waals surface area contributed by atoms with Crippen LogP contribution in [0.2, 0.25) is 0 Å². The van der Waals surface area contributed by atoms with Crippen LogP contribution in [0.4, 0.5) is 5.69 Å². The van der Waals surface area contributed by atoms with Crippen molar-refractivity contribution in [2.75, 3.05) is 11.4 Å². The van der Waals surface area contributed by atoms with Crippen molar-refractivity contribution in [3.05, 3.63) is 59.2 Å². The number of carboxylic acid groups (broad SMARTS) is 1. The zero-order valence-electron chi connectivity index (χ0n) is 13.2. The molecule has 0 atom stereocenters. The van der Waals surface area contributed by atoms with Gasteiger partial charge in [-0.1, -0.05) is 24.3 Å². The summed E-state index contributed by atoms with van der Waals surface area (Å²) in [6, 6.07) is 12.1. The summed E-state index contributed by atoms with van der Waals surface area (Å²) >= 11 is 0. The van der Waals surface area contributed by atoms with Crippen LogP contribution in [0.3, 0.4) is 0 Å². The number of hydrogen-bond acceptors (Lipinski definition) is 3. The van der Waals surface area contributed by atoms with Crippen LogP contribution in [0.25, 0.3) is 0 Å². The number of carboxylic acids is 1. The molecule has 1 amide bonds. The Morgan fingerprint density at radius 2 is 1.71 bits per heavy atom. The number of hydrogen-bond donors (Lipinski definition) is 2. The fourth-order valence-electron chi connectivity index (χ4n) is 3.15. The number of anilines is 1. The van der Waals surface area contributed by atoms with Gasteiger partial charge in [-0.15, -0.1) is 0 Å². The van der Waals surface area contributed by atoms with Crippen molar-refractivity contribution in [1.29, 1.82) is 0 Å². The lowest BCUT2D eigenvalue weighted by atomic mass is 9.89. The Bertz CT molecular complexity index is 770. The van der Waals surface area contributed by atoms with Crippen LogP contribution in [0.5, 0.6) is 5.75 Å². The van der Waals surface area contributed by atoms with Crippen molar-refractivity contribution in [3.8, 4) is 5.75 Å². The molecular weight excluding hydrogens is 306 g/mol. The number of carbonyl (C=O) groups is 2. The number of aryl methyl sites for hydroxylation is 1. The maximum atomic E-state index is 12.9. The SMILES string of the molecule is O=C(O)CN(C(=O)c1ccc2c(c1O)CCCC2)c1ccccc1. The molecule has 24 heavy (non-hydrogen) atoms. The molecule has 0 radical (unpaired) electrons. The Morgan fingerprint density at radius 1 is 1.00 bits per heavy atom. The molecule has 5 heteroatoms. The van der Waals surface area contributed by atoms with Gasteiger partial charge in [-0.3, -0.25) is 14.5 Å². The highest BCUT2D eigenvalue weighted by Crippen LogP contribution is 2.33. The molecule has 2 N–H and O–H groups in total. The topological polar surface area (TPSA) is 77.8 Å². The van der Waals surface area contributed by atoms with Gasteiger partial charge in [0.2, 0.25) is 0 Å². The van der Waals surface area contributed by atoms with E-state index in [0.717, 1.165) is 36.8 Å². The van der Waals surface area contributed by atoms with Crippen molar-refractivity contribution >= 4 is 17.6 Å². The summed E-state index contributed by atoms with van der Waals surface area (Å²) in [4.78, 5) is 25.2.